The van der Waals surface area contributed by atoms with E-state index in [1.54, 1.807) is 11.8 Å². The van der Waals surface area contributed by atoms with Gasteiger partial charge in [-0.05, 0) is 44.2 Å². The summed E-state index contributed by atoms with van der Waals surface area (Å²) in [4.78, 5) is 1.16. The summed E-state index contributed by atoms with van der Waals surface area (Å²) in [7, 11) is -2.98. The predicted molar refractivity (Wildman–Crippen MR) is 88.5 cm³/mol. The third kappa shape index (κ3) is 5.01. The van der Waals surface area contributed by atoms with Crippen LogP contribution in [0.25, 0.3) is 0 Å². The highest BCUT2D eigenvalue weighted by atomic mass is 32.2. The molecule has 0 saturated heterocycles. The summed E-state index contributed by atoms with van der Waals surface area (Å²) in [6, 6.07) is 8.23. The Morgan fingerprint density at radius 3 is 2.81 bits per heavy atom. The number of hydrogen-bond acceptors (Lipinski definition) is 4. The highest BCUT2D eigenvalue weighted by Crippen LogP contribution is 2.32. The van der Waals surface area contributed by atoms with E-state index >= 15 is 0 Å². The SMILES string of the molecule is Cc1cccc(SCC(O)C2CCCC(S(C)(=O)=O)C2)c1. The number of rotatable bonds is 5. The van der Waals surface area contributed by atoms with Crippen LogP contribution in [-0.4, -0.2) is 36.9 Å². The van der Waals surface area contributed by atoms with Crippen molar-refractivity contribution in [2.45, 2.75) is 48.9 Å². The van der Waals surface area contributed by atoms with Crippen LogP contribution in [0.2, 0.25) is 0 Å². The van der Waals surface area contributed by atoms with Crippen LogP contribution in [0.4, 0.5) is 0 Å². The van der Waals surface area contributed by atoms with E-state index < -0.39 is 15.9 Å². The first-order valence-corrected chi connectivity index (χ1v) is 10.4. The van der Waals surface area contributed by atoms with Gasteiger partial charge in [-0.3, -0.25) is 0 Å². The molecule has 0 bridgehead atoms. The first-order valence-electron chi connectivity index (χ1n) is 7.42. The fraction of sp³-hybridized carbons (Fsp3) is 0.625. The Kier molecular flexibility index (Phi) is 5.74. The van der Waals surface area contributed by atoms with Crippen molar-refractivity contribution in [2.24, 2.45) is 5.92 Å². The molecule has 1 saturated carbocycles. The zero-order chi connectivity index (χ0) is 15.5. The normalized spacial score (nSPS) is 24.7. The molecule has 1 N–H and O–H groups in total. The van der Waals surface area contributed by atoms with Crippen LogP contribution < -0.4 is 0 Å². The van der Waals surface area contributed by atoms with Gasteiger partial charge in [0.15, 0.2) is 0 Å². The van der Waals surface area contributed by atoms with Crippen molar-refractivity contribution in [1.29, 1.82) is 0 Å². The van der Waals surface area contributed by atoms with E-state index in [0.29, 0.717) is 12.2 Å². The van der Waals surface area contributed by atoms with Gasteiger partial charge in [-0.2, -0.15) is 0 Å². The van der Waals surface area contributed by atoms with E-state index in [1.807, 2.05) is 12.1 Å². The lowest BCUT2D eigenvalue weighted by molar-refractivity contribution is 0.106. The molecule has 1 aromatic carbocycles. The van der Waals surface area contributed by atoms with Crippen molar-refractivity contribution in [1.82, 2.24) is 0 Å². The second-order valence-electron chi connectivity index (χ2n) is 6.07. The van der Waals surface area contributed by atoms with E-state index in [0.717, 1.165) is 24.2 Å². The highest BCUT2D eigenvalue weighted by molar-refractivity contribution is 7.99. The van der Waals surface area contributed by atoms with Gasteiger partial charge in [-0.25, -0.2) is 8.42 Å². The second kappa shape index (κ2) is 7.16. The van der Waals surface area contributed by atoms with E-state index in [4.69, 9.17) is 0 Å². The van der Waals surface area contributed by atoms with Gasteiger partial charge in [0.25, 0.3) is 0 Å². The van der Waals surface area contributed by atoms with Gasteiger partial charge in [0.05, 0.1) is 11.4 Å². The quantitative estimate of drug-likeness (QED) is 0.844. The van der Waals surface area contributed by atoms with Crippen molar-refractivity contribution in [2.75, 3.05) is 12.0 Å². The lowest BCUT2D eigenvalue weighted by Crippen LogP contribution is -2.34. The third-order valence-electron chi connectivity index (χ3n) is 4.23. The van der Waals surface area contributed by atoms with E-state index in [9.17, 15) is 13.5 Å². The van der Waals surface area contributed by atoms with Crippen LogP contribution in [0.1, 0.15) is 31.2 Å². The fourth-order valence-corrected chi connectivity index (χ4v) is 5.21. The molecule has 1 aromatic rings. The summed E-state index contributed by atoms with van der Waals surface area (Å²) in [6.45, 7) is 2.05. The van der Waals surface area contributed by atoms with E-state index in [1.165, 1.54) is 11.8 Å². The molecular formula is C16H24O3S2. The van der Waals surface area contributed by atoms with Gasteiger partial charge in [0.2, 0.25) is 0 Å². The largest absolute Gasteiger partial charge is 0.392 e. The molecule has 5 heteroatoms. The standard InChI is InChI=1S/C16H24O3S2/c1-12-5-3-7-14(9-12)20-11-16(17)13-6-4-8-15(10-13)21(2,18)19/h3,5,7,9,13,15-17H,4,6,8,10-11H2,1-2H3. The predicted octanol–water partition coefficient (Wildman–Crippen LogP) is 3.05. The molecule has 1 fully saturated rings. The molecule has 21 heavy (non-hydrogen) atoms. The molecule has 0 heterocycles. The maximum Gasteiger partial charge on any atom is 0.150 e. The molecule has 118 valence electrons. The van der Waals surface area contributed by atoms with Crippen LogP contribution in [0.5, 0.6) is 0 Å². The van der Waals surface area contributed by atoms with Crippen LogP contribution >= 0.6 is 11.8 Å². The number of aliphatic hydroxyl groups excluding tert-OH is 1. The molecule has 1 aliphatic rings. The second-order valence-corrected chi connectivity index (χ2v) is 9.49. The maximum atomic E-state index is 11.7. The van der Waals surface area contributed by atoms with Crippen LogP contribution in [0, 0.1) is 12.8 Å². The molecule has 0 aromatic heterocycles. The summed E-state index contributed by atoms with van der Waals surface area (Å²) >= 11 is 1.65. The minimum Gasteiger partial charge on any atom is -0.392 e. The van der Waals surface area contributed by atoms with Crippen LogP contribution in [-0.2, 0) is 9.84 Å². The number of sulfone groups is 1. The van der Waals surface area contributed by atoms with Gasteiger partial charge in [-0.15, -0.1) is 11.8 Å². The van der Waals surface area contributed by atoms with Gasteiger partial charge in [-0.1, -0.05) is 24.1 Å². The van der Waals surface area contributed by atoms with Gasteiger partial charge in [0, 0.05) is 16.9 Å². The first kappa shape index (κ1) is 16.8. The number of aliphatic hydroxyl groups is 1. The highest BCUT2D eigenvalue weighted by Gasteiger charge is 2.32. The Balaban J connectivity index is 1.89. The molecular weight excluding hydrogens is 304 g/mol. The van der Waals surface area contributed by atoms with Gasteiger partial charge < -0.3 is 5.11 Å². The lowest BCUT2D eigenvalue weighted by atomic mass is 9.85. The fourth-order valence-electron chi connectivity index (χ4n) is 2.94. The van der Waals surface area contributed by atoms with Crippen molar-refractivity contribution >= 4 is 21.6 Å². The topological polar surface area (TPSA) is 54.4 Å². The molecule has 2 rings (SSSR count). The number of thioether (sulfide) groups is 1. The molecule has 0 spiro atoms. The first-order chi connectivity index (χ1) is 9.86. The Hall–Kier alpha value is -0.520. The average molecular weight is 328 g/mol. The van der Waals surface area contributed by atoms with Gasteiger partial charge in [0.1, 0.15) is 9.84 Å². The van der Waals surface area contributed by atoms with Crippen molar-refractivity contribution in [3.05, 3.63) is 29.8 Å². The monoisotopic (exact) mass is 328 g/mol. The number of aryl methyl sites for hydroxylation is 1. The van der Waals surface area contributed by atoms with E-state index in [2.05, 4.69) is 19.1 Å². The Morgan fingerprint density at radius 1 is 1.38 bits per heavy atom. The molecule has 1 aliphatic carbocycles. The summed E-state index contributed by atoms with van der Waals surface area (Å²) in [5, 5.41) is 10.1. The lowest BCUT2D eigenvalue weighted by Gasteiger charge is -2.31. The Morgan fingerprint density at radius 2 is 2.14 bits per heavy atom. The van der Waals surface area contributed by atoms with Crippen molar-refractivity contribution < 1.29 is 13.5 Å². The summed E-state index contributed by atoms with van der Waals surface area (Å²) in [5.41, 5.74) is 1.21. The zero-order valence-electron chi connectivity index (χ0n) is 12.7. The summed E-state index contributed by atoms with van der Waals surface area (Å²) in [5.74, 6) is 0.737. The summed E-state index contributed by atoms with van der Waals surface area (Å²) < 4.78 is 23.4. The molecule has 3 unspecified atom stereocenters. The van der Waals surface area contributed by atoms with Crippen molar-refractivity contribution in [3.8, 4) is 0 Å². The number of hydrogen-bond donors (Lipinski definition) is 1. The number of benzene rings is 1. The maximum absolute atomic E-state index is 11.7. The molecule has 0 radical (unpaired) electrons. The minimum absolute atomic E-state index is 0.107. The molecule has 0 amide bonds. The smallest absolute Gasteiger partial charge is 0.150 e. The molecule has 0 aliphatic heterocycles. The van der Waals surface area contributed by atoms with Crippen LogP contribution in [0.15, 0.2) is 29.2 Å². The Bertz CT molecular complexity index is 569. The molecule has 3 nitrogen and oxygen atoms in total. The minimum atomic E-state index is -2.98. The third-order valence-corrected chi connectivity index (χ3v) is 6.96. The Labute approximate surface area is 132 Å². The zero-order valence-corrected chi connectivity index (χ0v) is 14.3. The van der Waals surface area contributed by atoms with Crippen molar-refractivity contribution in [3.63, 3.8) is 0 Å². The molecule has 3 atom stereocenters. The average Bonchev–Trinajstić information content (AvgIpc) is 2.44. The van der Waals surface area contributed by atoms with E-state index in [-0.39, 0.29) is 11.2 Å². The van der Waals surface area contributed by atoms with Gasteiger partial charge >= 0.3 is 0 Å². The van der Waals surface area contributed by atoms with Crippen LogP contribution in [0.3, 0.4) is 0 Å². The summed E-state index contributed by atoms with van der Waals surface area (Å²) in [6.07, 6.45) is 4.06.